The summed E-state index contributed by atoms with van der Waals surface area (Å²) in [5.41, 5.74) is 2.65. The standard InChI is InChI=1S/C23H23N5O3S/c1-2-31-22(30)16-8-9-18-20(16)26-23(32-18)27-21(29)15-11-28(12-15)19-10-17(24-13-25-19)14-6-4-3-5-7-14/h3-7,10,13,15-16H,2,8-9,11-12H2,1H3,(H,26,27,29)/t16-/m0/s1. The fraction of sp³-hybridized carbons (Fsp3) is 0.348. The van der Waals surface area contributed by atoms with Gasteiger partial charge >= 0.3 is 5.97 Å². The van der Waals surface area contributed by atoms with Crippen LogP contribution < -0.4 is 10.2 Å². The van der Waals surface area contributed by atoms with Crippen LogP contribution in [0.5, 0.6) is 0 Å². The molecular formula is C23H23N5O3S. The number of esters is 1. The van der Waals surface area contributed by atoms with E-state index in [-0.39, 0.29) is 23.7 Å². The van der Waals surface area contributed by atoms with Gasteiger partial charge in [0.25, 0.3) is 0 Å². The zero-order valence-corrected chi connectivity index (χ0v) is 18.5. The van der Waals surface area contributed by atoms with Gasteiger partial charge in [0.2, 0.25) is 5.91 Å². The lowest BCUT2D eigenvalue weighted by Gasteiger charge is -2.38. The van der Waals surface area contributed by atoms with Gasteiger partial charge in [-0.1, -0.05) is 30.3 Å². The number of hydrogen-bond acceptors (Lipinski definition) is 8. The summed E-state index contributed by atoms with van der Waals surface area (Å²) in [4.78, 5) is 41.2. The van der Waals surface area contributed by atoms with E-state index >= 15 is 0 Å². The topological polar surface area (TPSA) is 97.3 Å². The molecule has 3 aromatic rings. The first-order chi connectivity index (χ1) is 15.6. The van der Waals surface area contributed by atoms with Gasteiger partial charge in [0.15, 0.2) is 5.13 Å². The molecule has 9 heteroatoms. The number of carbonyl (C=O) groups is 2. The highest BCUT2D eigenvalue weighted by Gasteiger charge is 2.36. The second-order valence-corrected chi connectivity index (χ2v) is 8.97. The van der Waals surface area contributed by atoms with Crippen LogP contribution in [0, 0.1) is 5.92 Å². The Labute approximate surface area is 189 Å². The van der Waals surface area contributed by atoms with Gasteiger partial charge in [0.05, 0.1) is 23.9 Å². The van der Waals surface area contributed by atoms with Crippen molar-refractivity contribution >= 4 is 34.2 Å². The Morgan fingerprint density at radius 3 is 2.81 bits per heavy atom. The fourth-order valence-electron chi connectivity index (χ4n) is 4.08. The molecule has 1 fully saturated rings. The highest BCUT2D eigenvalue weighted by atomic mass is 32.1. The Bertz CT molecular complexity index is 1140. The summed E-state index contributed by atoms with van der Waals surface area (Å²) in [6, 6.07) is 11.9. The first kappa shape index (κ1) is 20.6. The third-order valence-corrected chi connectivity index (χ3v) is 6.86. The minimum absolute atomic E-state index is 0.0568. The molecule has 0 unspecified atom stereocenters. The molecule has 0 spiro atoms. The van der Waals surface area contributed by atoms with Crippen LogP contribution in [0.15, 0.2) is 42.7 Å². The maximum absolute atomic E-state index is 12.7. The van der Waals surface area contributed by atoms with E-state index in [2.05, 4.69) is 25.2 Å². The van der Waals surface area contributed by atoms with Crippen LogP contribution in [-0.4, -0.2) is 46.5 Å². The predicted molar refractivity (Wildman–Crippen MR) is 122 cm³/mol. The maximum Gasteiger partial charge on any atom is 0.315 e. The zero-order valence-electron chi connectivity index (χ0n) is 17.7. The SMILES string of the molecule is CCOC(=O)[C@H]1CCc2sc(NC(=O)C3CN(c4cc(-c5ccccc5)ncn4)C3)nc21. The monoisotopic (exact) mass is 449 g/mol. The van der Waals surface area contributed by atoms with E-state index in [9.17, 15) is 9.59 Å². The average Bonchev–Trinajstić information content (AvgIpc) is 3.34. The second kappa shape index (κ2) is 8.66. The number of thiazole rings is 1. The quantitative estimate of drug-likeness (QED) is 0.577. The molecule has 1 saturated heterocycles. The minimum atomic E-state index is -0.317. The van der Waals surface area contributed by atoms with Crippen LogP contribution in [0.1, 0.15) is 29.8 Å². The van der Waals surface area contributed by atoms with Gasteiger partial charge in [0.1, 0.15) is 18.1 Å². The van der Waals surface area contributed by atoms with Crippen molar-refractivity contribution in [2.75, 3.05) is 29.9 Å². The van der Waals surface area contributed by atoms with E-state index in [1.807, 2.05) is 36.4 Å². The summed E-state index contributed by atoms with van der Waals surface area (Å²) in [6.45, 7) is 3.34. The summed E-state index contributed by atoms with van der Waals surface area (Å²) in [5, 5.41) is 3.49. The fourth-order valence-corrected chi connectivity index (χ4v) is 5.12. The number of rotatable bonds is 6. The number of anilines is 2. The highest BCUT2D eigenvalue weighted by Crippen LogP contribution is 2.39. The van der Waals surface area contributed by atoms with Gasteiger partial charge in [-0.15, -0.1) is 11.3 Å². The summed E-state index contributed by atoms with van der Waals surface area (Å²) in [5.74, 6) is 0.0724. The molecule has 5 rings (SSSR count). The smallest absolute Gasteiger partial charge is 0.315 e. The van der Waals surface area contributed by atoms with E-state index in [4.69, 9.17) is 4.74 Å². The lowest BCUT2D eigenvalue weighted by Crippen LogP contribution is -2.52. The van der Waals surface area contributed by atoms with Gasteiger partial charge in [0, 0.05) is 29.6 Å². The van der Waals surface area contributed by atoms with Gasteiger partial charge in [-0.25, -0.2) is 15.0 Å². The minimum Gasteiger partial charge on any atom is -0.465 e. The average molecular weight is 450 g/mol. The first-order valence-electron chi connectivity index (χ1n) is 10.7. The summed E-state index contributed by atoms with van der Waals surface area (Å²) < 4.78 is 5.15. The molecule has 1 aromatic carbocycles. The molecule has 3 heterocycles. The van der Waals surface area contributed by atoms with Crippen molar-refractivity contribution < 1.29 is 14.3 Å². The van der Waals surface area contributed by atoms with Crippen LogP contribution in [-0.2, 0) is 20.7 Å². The van der Waals surface area contributed by atoms with Crippen LogP contribution in [0.4, 0.5) is 10.9 Å². The van der Waals surface area contributed by atoms with Crippen molar-refractivity contribution in [3.05, 3.63) is 53.3 Å². The number of nitrogens with one attached hydrogen (secondary N) is 1. The van der Waals surface area contributed by atoms with Crippen LogP contribution in [0.3, 0.4) is 0 Å². The Balaban J connectivity index is 1.19. The Kier molecular flexibility index (Phi) is 5.57. The van der Waals surface area contributed by atoms with Gasteiger partial charge in [-0.05, 0) is 19.8 Å². The van der Waals surface area contributed by atoms with Crippen molar-refractivity contribution in [3.8, 4) is 11.3 Å². The number of nitrogens with zero attached hydrogens (tertiary/aromatic N) is 4. The van der Waals surface area contributed by atoms with Crippen molar-refractivity contribution in [2.45, 2.75) is 25.7 Å². The molecule has 1 aliphatic heterocycles. The third-order valence-electron chi connectivity index (χ3n) is 5.82. The maximum atomic E-state index is 12.7. The zero-order chi connectivity index (χ0) is 22.1. The number of aromatic nitrogens is 3. The van der Waals surface area contributed by atoms with Crippen molar-refractivity contribution in [3.63, 3.8) is 0 Å². The predicted octanol–water partition coefficient (Wildman–Crippen LogP) is 3.27. The van der Waals surface area contributed by atoms with E-state index in [1.165, 1.54) is 11.3 Å². The summed E-state index contributed by atoms with van der Waals surface area (Å²) >= 11 is 1.45. The molecule has 8 nitrogen and oxygen atoms in total. The molecule has 1 atom stereocenters. The third kappa shape index (κ3) is 3.95. The van der Waals surface area contributed by atoms with Gasteiger partial charge < -0.3 is 15.0 Å². The molecular weight excluding hydrogens is 426 g/mol. The lowest BCUT2D eigenvalue weighted by molar-refractivity contribution is -0.145. The molecule has 2 aromatic heterocycles. The van der Waals surface area contributed by atoms with Gasteiger partial charge in [-0.2, -0.15) is 0 Å². The molecule has 0 radical (unpaired) electrons. The number of fused-ring (bicyclic) bond motifs is 1. The molecule has 32 heavy (non-hydrogen) atoms. The second-order valence-electron chi connectivity index (χ2n) is 7.89. The van der Waals surface area contributed by atoms with Crippen molar-refractivity contribution in [1.82, 2.24) is 15.0 Å². The number of carbonyl (C=O) groups excluding carboxylic acids is 2. The summed E-state index contributed by atoms with van der Waals surface area (Å²) in [6.07, 6.45) is 3.08. The van der Waals surface area contributed by atoms with E-state index in [0.717, 1.165) is 40.5 Å². The van der Waals surface area contributed by atoms with E-state index in [0.29, 0.717) is 24.8 Å². The number of benzene rings is 1. The highest BCUT2D eigenvalue weighted by molar-refractivity contribution is 7.16. The number of ether oxygens (including phenoxy) is 1. The van der Waals surface area contributed by atoms with Gasteiger partial charge in [-0.3, -0.25) is 9.59 Å². The van der Waals surface area contributed by atoms with Crippen LogP contribution in [0.2, 0.25) is 0 Å². The molecule has 1 N–H and O–H groups in total. The Morgan fingerprint density at radius 1 is 1.22 bits per heavy atom. The lowest BCUT2D eigenvalue weighted by atomic mass is 9.99. The van der Waals surface area contributed by atoms with Crippen molar-refractivity contribution in [1.29, 1.82) is 0 Å². The number of aryl methyl sites for hydroxylation is 1. The van der Waals surface area contributed by atoms with Crippen molar-refractivity contribution in [2.24, 2.45) is 5.92 Å². The van der Waals surface area contributed by atoms with Crippen LogP contribution >= 0.6 is 11.3 Å². The molecule has 1 amide bonds. The Morgan fingerprint density at radius 2 is 2.03 bits per heavy atom. The van der Waals surface area contributed by atoms with E-state index in [1.54, 1.807) is 13.3 Å². The molecule has 1 aliphatic carbocycles. The normalized spacial score (nSPS) is 17.5. The Hall–Kier alpha value is -3.33. The number of hydrogen-bond donors (Lipinski definition) is 1. The molecule has 2 aliphatic rings. The first-order valence-corrected chi connectivity index (χ1v) is 11.5. The molecule has 164 valence electrons. The number of amides is 1. The molecule has 0 saturated carbocycles. The van der Waals surface area contributed by atoms with E-state index < -0.39 is 0 Å². The van der Waals surface area contributed by atoms with Crippen LogP contribution in [0.25, 0.3) is 11.3 Å². The summed E-state index contributed by atoms with van der Waals surface area (Å²) in [7, 11) is 0. The largest absolute Gasteiger partial charge is 0.465 e. The molecule has 0 bridgehead atoms.